The van der Waals surface area contributed by atoms with E-state index < -0.39 is 28.4 Å². The van der Waals surface area contributed by atoms with Crippen molar-refractivity contribution in [2.24, 2.45) is 17.6 Å². The SMILES string of the molecule is CCNC1CCC=C(c2ccc(F)cc2)C1COc1cc(F)c(SNc2cscn2)cc1Cl.NC1CCC=C(c2ccc(F)c(Cl)c2)C1COc1cc(F)c(S(=O)Nc2cscn2)cc1Cl. The fraction of sp³-hybridized carbons (Fsp3) is 0.261. The van der Waals surface area contributed by atoms with Gasteiger partial charge in [-0.1, -0.05) is 72.1 Å². The Balaban J connectivity index is 0.000000196. The van der Waals surface area contributed by atoms with Crippen molar-refractivity contribution in [1.29, 1.82) is 0 Å². The number of benzene rings is 4. The summed E-state index contributed by atoms with van der Waals surface area (Å²) in [6, 6.07) is 16.2. The van der Waals surface area contributed by atoms with E-state index in [0.29, 0.717) is 33.9 Å². The highest BCUT2D eigenvalue weighted by molar-refractivity contribution is 8.00. The lowest BCUT2D eigenvalue weighted by Crippen LogP contribution is -2.41. The second-order valence-corrected chi connectivity index (χ2v) is 19.7. The van der Waals surface area contributed by atoms with Crippen LogP contribution in [-0.4, -0.2) is 46.0 Å². The van der Waals surface area contributed by atoms with Crippen LogP contribution in [0.15, 0.2) is 110 Å². The van der Waals surface area contributed by atoms with Crippen LogP contribution in [0.3, 0.4) is 0 Å². The summed E-state index contributed by atoms with van der Waals surface area (Å²) in [7, 11) is -1.88. The number of halogens is 7. The zero-order valence-corrected chi connectivity index (χ0v) is 40.6. The molecule has 8 rings (SSSR count). The molecule has 0 fully saturated rings. The van der Waals surface area contributed by atoms with Gasteiger partial charge < -0.3 is 25.2 Å². The molecule has 20 heteroatoms. The number of nitrogens with one attached hydrogen (secondary N) is 3. The van der Waals surface area contributed by atoms with Crippen molar-refractivity contribution in [3.8, 4) is 11.5 Å². The summed E-state index contributed by atoms with van der Waals surface area (Å²) in [5, 5.41) is 7.48. The number of thiazole rings is 2. The monoisotopic (exact) mass is 1040 g/mol. The van der Waals surface area contributed by atoms with E-state index in [0.717, 1.165) is 72.5 Å². The number of rotatable bonds is 16. The van der Waals surface area contributed by atoms with E-state index in [9.17, 15) is 21.8 Å². The number of allylic oxidation sites excluding steroid dienone is 2. The first-order valence-electron chi connectivity index (χ1n) is 20.6. The van der Waals surface area contributed by atoms with E-state index in [-0.39, 0.29) is 57.0 Å². The summed E-state index contributed by atoms with van der Waals surface area (Å²) >= 11 is 22.6. The summed E-state index contributed by atoms with van der Waals surface area (Å²) < 4.78 is 86.4. The number of aromatic nitrogens is 2. The second kappa shape index (κ2) is 23.7. The van der Waals surface area contributed by atoms with Gasteiger partial charge in [-0.25, -0.2) is 31.7 Å². The van der Waals surface area contributed by atoms with Crippen molar-refractivity contribution in [2.75, 3.05) is 29.2 Å². The van der Waals surface area contributed by atoms with Crippen molar-refractivity contribution in [3.05, 3.63) is 150 Å². The number of anilines is 2. The van der Waals surface area contributed by atoms with Crippen LogP contribution in [0.2, 0.25) is 15.1 Å². The molecule has 2 aromatic heterocycles. The molecule has 6 aromatic rings. The Kier molecular flexibility index (Phi) is 17.9. The van der Waals surface area contributed by atoms with Crippen molar-refractivity contribution in [3.63, 3.8) is 0 Å². The molecule has 5 unspecified atom stereocenters. The molecule has 0 bridgehead atoms. The van der Waals surface area contributed by atoms with E-state index in [2.05, 4.69) is 37.7 Å². The van der Waals surface area contributed by atoms with Crippen LogP contribution in [0.25, 0.3) is 11.1 Å². The Hall–Kier alpha value is -4.17. The molecule has 5 atom stereocenters. The molecule has 66 heavy (non-hydrogen) atoms. The van der Waals surface area contributed by atoms with Crippen molar-refractivity contribution < 1.29 is 31.2 Å². The number of hydrogen-bond acceptors (Lipinski definition) is 11. The third-order valence-electron chi connectivity index (χ3n) is 10.7. The fourth-order valence-electron chi connectivity index (χ4n) is 7.51. The van der Waals surface area contributed by atoms with Gasteiger partial charge in [-0.15, -0.1) is 22.7 Å². The van der Waals surface area contributed by atoms with Gasteiger partial charge in [0.25, 0.3) is 0 Å². The summed E-state index contributed by atoms with van der Waals surface area (Å²) in [5.74, 6) is -0.706. The normalized spacial score (nSPS) is 18.6. The first kappa shape index (κ1) is 49.7. The Morgan fingerprint density at radius 3 is 2.05 bits per heavy atom. The summed E-state index contributed by atoms with van der Waals surface area (Å²) in [5.41, 5.74) is 13.3. The largest absolute Gasteiger partial charge is 0.491 e. The molecule has 0 amide bonds. The third kappa shape index (κ3) is 12.9. The quantitative estimate of drug-likeness (QED) is 0.0554. The van der Waals surface area contributed by atoms with Gasteiger partial charge in [-0.2, -0.15) is 0 Å². The van der Waals surface area contributed by atoms with Crippen molar-refractivity contribution in [2.45, 2.75) is 54.5 Å². The molecule has 0 spiro atoms. The van der Waals surface area contributed by atoms with Crippen LogP contribution in [-0.2, 0) is 11.0 Å². The molecule has 5 N–H and O–H groups in total. The highest BCUT2D eigenvalue weighted by Gasteiger charge is 2.30. The smallest absolute Gasteiger partial charge is 0.154 e. The molecular weight excluding hydrogens is 995 g/mol. The predicted molar refractivity (Wildman–Crippen MR) is 262 cm³/mol. The zero-order valence-electron chi connectivity index (χ0n) is 35.0. The average molecular weight is 1040 g/mol. The average Bonchev–Trinajstić information content (AvgIpc) is 4.03. The van der Waals surface area contributed by atoms with Gasteiger partial charge in [0.15, 0.2) is 11.0 Å². The number of ether oxygens (including phenoxy) is 2. The molecule has 0 saturated carbocycles. The molecule has 0 saturated heterocycles. The van der Waals surface area contributed by atoms with Gasteiger partial charge >= 0.3 is 0 Å². The maximum absolute atomic E-state index is 14.7. The van der Waals surface area contributed by atoms with Crippen molar-refractivity contribution >= 4 is 103 Å². The molecule has 4 aromatic carbocycles. The van der Waals surface area contributed by atoms with Gasteiger partial charge in [0.1, 0.15) is 46.4 Å². The van der Waals surface area contributed by atoms with E-state index >= 15 is 0 Å². The van der Waals surface area contributed by atoms with Crippen molar-refractivity contribution in [1.82, 2.24) is 15.3 Å². The number of nitrogens with two attached hydrogens (primary N) is 1. The van der Waals surface area contributed by atoms with E-state index in [4.69, 9.17) is 50.0 Å². The van der Waals surface area contributed by atoms with E-state index in [1.54, 1.807) is 46.7 Å². The minimum Gasteiger partial charge on any atom is -0.491 e. The lowest BCUT2D eigenvalue weighted by Gasteiger charge is -2.33. The van der Waals surface area contributed by atoms with Crippen LogP contribution >= 0.6 is 69.4 Å². The zero-order chi connectivity index (χ0) is 46.7. The highest BCUT2D eigenvalue weighted by atomic mass is 35.5. The maximum atomic E-state index is 14.7. The van der Waals surface area contributed by atoms with Crippen LogP contribution in [0.5, 0.6) is 11.5 Å². The van der Waals surface area contributed by atoms with Gasteiger partial charge in [-0.3, -0.25) is 4.72 Å². The lowest BCUT2D eigenvalue weighted by molar-refractivity contribution is 0.236. The Morgan fingerprint density at radius 2 is 1.38 bits per heavy atom. The van der Waals surface area contributed by atoms with Crippen LogP contribution in [0.4, 0.5) is 29.2 Å². The molecular formula is C46H43Cl3F4N6O3S4. The summed E-state index contributed by atoms with van der Waals surface area (Å²) in [6.45, 7) is 3.34. The Bertz CT molecular complexity index is 2670. The highest BCUT2D eigenvalue weighted by Crippen LogP contribution is 2.39. The fourth-order valence-corrected chi connectivity index (χ4v) is 10.9. The molecule has 9 nitrogen and oxygen atoms in total. The van der Waals surface area contributed by atoms with Crippen LogP contribution in [0.1, 0.15) is 43.7 Å². The lowest BCUT2D eigenvalue weighted by atomic mass is 9.80. The number of nitrogens with zero attached hydrogens (tertiary/aromatic N) is 2. The van der Waals surface area contributed by atoms with Crippen LogP contribution in [0, 0.1) is 35.1 Å². The molecule has 348 valence electrons. The molecule has 2 heterocycles. The standard InChI is InChI=1S/C24H24ClF2N3OS2.C22H19Cl2F2N3O2S2/c1-2-28-21-5-3-4-17(15-6-8-16(26)9-7-15)18(21)12-31-22-11-20(27)23(10-19(22)25)33-30-24-13-32-14-29-24;23-15-6-12(4-5-17(15)25)13-2-1-3-19(27)14(13)9-31-20-8-18(26)21(7-16(20)24)33(30)29-22-10-32-11-28-22/h4,6-11,13-14,18,21,28,30H,2-3,5,12H2,1H3;2,4-8,10-11,14,19,29H,1,3,9,27H2. The second-order valence-electron chi connectivity index (χ2n) is 15.0. The van der Waals surface area contributed by atoms with Gasteiger partial charge in [0.05, 0.1) is 49.1 Å². The first-order valence-corrected chi connectivity index (χ1v) is 25.6. The first-order chi connectivity index (χ1) is 31.9. The number of hydrogen-bond donors (Lipinski definition) is 4. The predicted octanol–water partition coefficient (Wildman–Crippen LogP) is 13.1. The van der Waals surface area contributed by atoms with E-state index in [1.165, 1.54) is 53.0 Å². The minimum absolute atomic E-state index is 0.0173. The van der Waals surface area contributed by atoms with Gasteiger partial charge in [0.2, 0.25) is 0 Å². The van der Waals surface area contributed by atoms with Gasteiger partial charge in [-0.05, 0) is 103 Å². The molecule has 2 aliphatic carbocycles. The molecule has 2 aliphatic rings. The van der Waals surface area contributed by atoms with Gasteiger partial charge in [0, 0.05) is 46.8 Å². The Labute approximate surface area is 409 Å². The third-order valence-corrected chi connectivity index (χ3v) is 14.7. The topological polar surface area (TPSA) is 123 Å². The maximum Gasteiger partial charge on any atom is 0.154 e. The Morgan fingerprint density at radius 1 is 0.758 bits per heavy atom. The molecule has 0 radical (unpaired) electrons. The minimum atomic E-state index is -1.88. The van der Waals surface area contributed by atoms with Crippen LogP contribution < -0.4 is 30.0 Å². The summed E-state index contributed by atoms with van der Waals surface area (Å²) in [6.07, 6.45) is 7.61. The van der Waals surface area contributed by atoms with E-state index in [1.807, 2.05) is 11.5 Å². The molecule has 0 aliphatic heterocycles. The summed E-state index contributed by atoms with van der Waals surface area (Å²) in [4.78, 5) is 8.33.